The van der Waals surface area contributed by atoms with Crippen molar-refractivity contribution in [2.45, 2.75) is 20.3 Å². The van der Waals surface area contributed by atoms with Gasteiger partial charge >= 0.3 is 6.03 Å². The molecule has 1 N–H and O–H groups in total. The molecule has 0 aliphatic carbocycles. The number of rotatable bonds is 2. The zero-order valence-corrected chi connectivity index (χ0v) is 7.76. The first kappa shape index (κ1) is 9.10. The van der Waals surface area contributed by atoms with E-state index in [9.17, 15) is 4.79 Å². The Bertz CT molecular complexity index is 191. The monoisotopic (exact) mass is 168 g/mol. The molecule has 1 saturated heterocycles. The van der Waals surface area contributed by atoms with Crippen molar-refractivity contribution in [3.63, 3.8) is 0 Å². The Hall–Kier alpha value is -0.990. The Morgan fingerprint density at radius 2 is 2.17 bits per heavy atom. The van der Waals surface area contributed by atoms with Crippen molar-refractivity contribution in [1.29, 1.82) is 0 Å². The number of allylic oxidation sites excluding steroid dienone is 1. The van der Waals surface area contributed by atoms with Crippen molar-refractivity contribution in [2.24, 2.45) is 0 Å². The van der Waals surface area contributed by atoms with Crippen LogP contribution in [0.2, 0.25) is 0 Å². The second-order valence-electron chi connectivity index (χ2n) is 3.31. The molecule has 0 spiro atoms. The van der Waals surface area contributed by atoms with Crippen molar-refractivity contribution < 1.29 is 4.79 Å². The fourth-order valence-corrected chi connectivity index (χ4v) is 0.974. The zero-order valence-electron chi connectivity index (χ0n) is 7.76. The largest absolute Gasteiger partial charge is 0.335 e. The van der Waals surface area contributed by atoms with Crippen LogP contribution in [0.15, 0.2) is 11.6 Å². The summed E-state index contributed by atoms with van der Waals surface area (Å²) >= 11 is 0. The fraction of sp³-hybridized carbons (Fsp3) is 0.667. The van der Waals surface area contributed by atoms with Gasteiger partial charge in [-0.1, -0.05) is 11.6 Å². The minimum atomic E-state index is 0.0683. The van der Waals surface area contributed by atoms with E-state index in [1.807, 2.05) is 24.8 Å². The van der Waals surface area contributed by atoms with Gasteiger partial charge in [-0.2, -0.15) is 0 Å². The van der Waals surface area contributed by atoms with Crippen LogP contribution in [-0.4, -0.2) is 30.6 Å². The molecule has 0 atom stereocenters. The summed E-state index contributed by atoms with van der Waals surface area (Å²) in [6.45, 7) is 6.53. The minimum Gasteiger partial charge on any atom is -0.335 e. The predicted octanol–water partition coefficient (Wildman–Crippen LogP) is 1.37. The van der Waals surface area contributed by atoms with Gasteiger partial charge < -0.3 is 10.2 Å². The maximum atomic E-state index is 11.2. The van der Waals surface area contributed by atoms with E-state index in [1.54, 1.807) is 0 Å². The molecule has 0 unspecified atom stereocenters. The van der Waals surface area contributed by atoms with Crippen LogP contribution in [0.5, 0.6) is 0 Å². The lowest BCUT2D eigenvalue weighted by atomic mass is 10.2. The van der Waals surface area contributed by atoms with Crippen molar-refractivity contribution in [3.05, 3.63) is 11.6 Å². The van der Waals surface area contributed by atoms with Crippen LogP contribution in [0, 0.1) is 0 Å². The third-order valence-corrected chi connectivity index (χ3v) is 1.91. The molecule has 1 rings (SSSR count). The van der Waals surface area contributed by atoms with Crippen LogP contribution in [0.1, 0.15) is 20.3 Å². The normalized spacial score (nSPS) is 15.0. The molecule has 1 aliphatic rings. The van der Waals surface area contributed by atoms with Gasteiger partial charge in [0, 0.05) is 19.6 Å². The number of carbonyl (C=O) groups excluding carboxylic acids is 1. The number of nitrogens with one attached hydrogen (secondary N) is 1. The first-order valence-corrected chi connectivity index (χ1v) is 4.36. The van der Waals surface area contributed by atoms with Crippen molar-refractivity contribution >= 4 is 6.03 Å². The third-order valence-electron chi connectivity index (χ3n) is 1.91. The third kappa shape index (κ3) is 2.57. The maximum Gasteiger partial charge on any atom is 0.317 e. The number of amides is 2. The molecule has 2 amide bonds. The van der Waals surface area contributed by atoms with Crippen LogP contribution in [0.25, 0.3) is 0 Å². The molecular formula is C9H16N2O. The summed E-state index contributed by atoms with van der Waals surface area (Å²) in [6.07, 6.45) is 3.16. The lowest BCUT2D eigenvalue weighted by molar-refractivity contribution is 0.168. The van der Waals surface area contributed by atoms with Crippen LogP contribution in [-0.2, 0) is 0 Å². The Labute approximate surface area is 73.4 Å². The first-order valence-electron chi connectivity index (χ1n) is 4.36. The van der Waals surface area contributed by atoms with Crippen molar-refractivity contribution in [1.82, 2.24) is 10.2 Å². The van der Waals surface area contributed by atoms with Gasteiger partial charge in [0.2, 0.25) is 0 Å². The van der Waals surface area contributed by atoms with E-state index in [0.717, 1.165) is 19.5 Å². The van der Waals surface area contributed by atoms with Gasteiger partial charge in [0.1, 0.15) is 0 Å². The number of hydrogen-bond donors (Lipinski definition) is 1. The van der Waals surface area contributed by atoms with E-state index in [2.05, 4.69) is 5.32 Å². The van der Waals surface area contributed by atoms with Crippen LogP contribution in [0.4, 0.5) is 4.79 Å². The van der Waals surface area contributed by atoms with Crippen molar-refractivity contribution in [3.8, 4) is 0 Å². The van der Waals surface area contributed by atoms with Gasteiger partial charge in [-0.15, -0.1) is 0 Å². The molecule has 68 valence electrons. The van der Waals surface area contributed by atoms with Gasteiger partial charge in [0.15, 0.2) is 0 Å². The highest BCUT2D eigenvalue weighted by Crippen LogP contribution is 2.04. The second-order valence-corrected chi connectivity index (χ2v) is 3.31. The van der Waals surface area contributed by atoms with Gasteiger partial charge in [0.05, 0.1) is 0 Å². The lowest BCUT2D eigenvalue weighted by Gasteiger charge is -2.30. The average Bonchev–Trinajstić information content (AvgIpc) is 1.81. The highest BCUT2D eigenvalue weighted by Gasteiger charge is 2.18. The molecule has 1 heterocycles. The SMILES string of the molecule is CC(C)=CCNC(=O)N1CCC1. The van der Waals surface area contributed by atoms with Crippen LogP contribution < -0.4 is 5.32 Å². The molecule has 3 nitrogen and oxygen atoms in total. The molecule has 3 heteroatoms. The minimum absolute atomic E-state index is 0.0683. The van der Waals surface area contributed by atoms with Crippen molar-refractivity contribution in [2.75, 3.05) is 19.6 Å². The topological polar surface area (TPSA) is 32.3 Å². The molecule has 0 saturated carbocycles. The molecule has 0 aromatic carbocycles. The molecule has 1 aliphatic heterocycles. The average molecular weight is 168 g/mol. The van der Waals surface area contributed by atoms with E-state index >= 15 is 0 Å². The van der Waals surface area contributed by atoms with E-state index in [0.29, 0.717) is 6.54 Å². The van der Waals surface area contributed by atoms with Gasteiger partial charge in [-0.3, -0.25) is 0 Å². The summed E-state index contributed by atoms with van der Waals surface area (Å²) in [6, 6.07) is 0.0683. The first-order chi connectivity index (χ1) is 5.70. The standard InChI is InChI=1S/C9H16N2O/c1-8(2)4-5-10-9(12)11-6-3-7-11/h4H,3,5-7H2,1-2H3,(H,10,12). The molecular weight excluding hydrogens is 152 g/mol. The summed E-state index contributed by atoms with van der Waals surface area (Å²) in [5.74, 6) is 0. The van der Waals surface area contributed by atoms with Gasteiger partial charge in [0.25, 0.3) is 0 Å². The van der Waals surface area contributed by atoms with Crippen LogP contribution in [0.3, 0.4) is 0 Å². The van der Waals surface area contributed by atoms with E-state index < -0.39 is 0 Å². The smallest absolute Gasteiger partial charge is 0.317 e. The molecule has 12 heavy (non-hydrogen) atoms. The summed E-state index contributed by atoms with van der Waals surface area (Å²) in [5.41, 5.74) is 1.24. The van der Waals surface area contributed by atoms with Gasteiger partial charge in [-0.25, -0.2) is 4.79 Å². The second kappa shape index (κ2) is 4.14. The summed E-state index contributed by atoms with van der Waals surface area (Å²) in [4.78, 5) is 13.0. The Balaban J connectivity index is 2.14. The number of carbonyl (C=O) groups is 1. The predicted molar refractivity (Wildman–Crippen MR) is 49.0 cm³/mol. The fourth-order valence-electron chi connectivity index (χ4n) is 0.974. The van der Waals surface area contributed by atoms with E-state index in [1.165, 1.54) is 5.57 Å². The summed E-state index contributed by atoms with van der Waals surface area (Å²) < 4.78 is 0. The van der Waals surface area contributed by atoms with E-state index in [4.69, 9.17) is 0 Å². The number of nitrogens with zero attached hydrogens (tertiary/aromatic N) is 1. The van der Waals surface area contributed by atoms with Gasteiger partial charge in [-0.05, 0) is 20.3 Å². The Kier molecular flexibility index (Phi) is 3.14. The Morgan fingerprint density at radius 3 is 2.58 bits per heavy atom. The molecule has 0 radical (unpaired) electrons. The highest BCUT2D eigenvalue weighted by atomic mass is 16.2. The Morgan fingerprint density at radius 1 is 1.50 bits per heavy atom. The van der Waals surface area contributed by atoms with Crippen LogP contribution >= 0.6 is 0 Å². The number of hydrogen-bond acceptors (Lipinski definition) is 1. The maximum absolute atomic E-state index is 11.2. The highest BCUT2D eigenvalue weighted by molar-refractivity contribution is 5.74. The number of urea groups is 1. The zero-order chi connectivity index (χ0) is 8.97. The number of likely N-dealkylation sites (tertiary alicyclic amines) is 1. The molecule has 0 aromatic rings. The molecule has 0 bridgehead atoms. The lowest BCUT2D eigenvalue weighted by Crippen LogP contribution is -2.47. The summed E-state index contributed by atoms with van der Waals surface area (Å²) in [7, 11) is 0. The molecule has 1 fully saturated rings. The molecule has 0 aromatic heterocycles. The van der Waals surface area contributed by atoms with E-state index in [-0.39, 0.29) is 6.03 Å². The summed E-state index contributed by atoms with van der Waals surface area (Å²) in [5, 5.41) is 2.83. The quantitative estimate of drug-likeness (QED) is 0.620.